The summed E-state index contributed by atoms with van der Waals surface area (Å²) >= 11 is 0. The van der Waals surface area contributed by atoms with Crippen LogP contribution in [0.1, 0.15) is 249 Å². The largest absolute Gasteiger partial charge is 0.381 e. The first-order valence-corrected chi connectivity index (χ1v) is 32.2. The van der Waals surface area contributed by atoms with Gasteiger partial charge in [-0.05, 0) is 171 Å². The molecule has 5 atom stereocenters. The molecule has 6 aliphatic heterocycles. The van der Waals surface area contributed by atoms with Crippen LogP contribution in [0.4, 0.5) is 0 Å². The van der Waals surface area contributed by atoms with Gasteiger partial charge in [0.25, 0.3) is 0 Å². The summed E-state index contributed by atoms with van der Waals surface area (Å²) in [5.74, 6) is 14.7. The van der Waals surface area contributed by atoms with Crippen LogP contribution in [0, 0.1) is 59.2 Å². The molecule has 10 fully saturated rings. The number of nitrogens with one attached hydrogen (secondary N) is 2. The molecule has 2 N–H and O–H groups in total. The molecule has 0 aromatic rings. The van der Waals surface area contributed by atoms with Crippen LogP contribution in [-0.4, -0.2) is 87.4 Å². The Morgan fingerprint density at radius 2 is 0.618 bits per heavy atom. The lowest BCUT2D eigenvalue weighted by Crippen LogP contribution is -2.27. The van der Waals surface area contributed by atoms with Crippen LogP contribution in [0.25, 0.3) is 0 Å². The van der Waals surface area contributed by atoms with E-state index < -0.39 is 9.52 Å². The Morgan fingerprint density at radius 3 is 0.765 bits per heavy atom. The van der Waals surface area contributed by atoms with Crippen molar-refractivity contribution in [3.8, 4) is 0 Å². The summed E-state index contributed by atoms with van der Waals surface area (Å²) in [7, 11) is -1.62. The standard InChI is InChI=1S/C7H14OS.2C7H14.2C6H13N.2C6H12O.C6H12.C5H10O.C5H10/c1-7-3-5-9(2,8)6-4-7;2*1-7-5-3-2-4-6-7;4*1-6-3-2-4-7-5-6;1-6-4-2-3-5-6;1-5-2-3-6-4-5;1-5-3-2-4-5/h7H,2-6H2,1H3;2*7H,2-6H2,1H3;2*6-7H,2-5H2,1H3;2*6H,2-5H2,1H3;6H,2-5H2,1H3;5H,2-4H2,1H3;5H,2-4H2,1H3/t;;;4*6-;;5-;/m...1110.0./s1. The van der Waals surface area contributed by atoms with Crippen LogP contribution in [0.3, 0.4) is 0 Å². The molecule has 0 aromatic heterocycles. The van der Waals surface area contributed by atoms with E-state index in [1.54, 1.807) is 0 Å². The Morgan fingerprint density at radius 1 is 0.324 bits per heavy atom. The number of ether oxygens (including phenoxy) is 3. The summed E-state index contributed by atoms with van der Waals surface area (Å²) in [6, 6.07) is 0. The molecule has 0 aromatic carbocycles. The molecule has 408 valence electrons. The van der Waals surface area contributed by atoms with Gasteiger partial charge in [0.05, 0.1) is 0 Å². The Hall–Kier alpha value is -0.180. The smallest absolute Gasteiger partial charge is 0.0492 e. The third-order valence-corrected chi connectivity index (χ3v) is 17.8. The Labute approximate surface area is 428 Å². The van der Waals surface area contributed by atoms with Gasteiger partial charge in [-0.2, -0.15) is 0 Å². The van der Waals surface area contributed by atoms with Gasteiger partial charge in [-0.15, -0.1) is 0 Å². The molecule has 4 aliphatic carbocycles. The highest BCUT2D eigenvalue weighted by Gasteiger charge is 2.16. The predicted octanol–water partition coefficient (Wildman–Crippen LogP) is 16.2. The second-order valence-electron chi connectivity index (χ2n) is 24.5. The van der Waals surface area contributed by atoms with Crippen LogP contribution in [0.2, 0.25) is 0 Å². The van der Waals surface area contributed by atoms with Crippen molar-refractivity contribution in [1.29, 1.82) is 0 Å². The number of hydrogen-bond donors (Lipinski definition) is 2. The lowest BCUT2D eigenvalue weighted by Gasteiger charge is -2.20. The molecule has 6 saturated heterocycles. The summed E-state index contributed by atoms with van der Waals surface area (Å²) in [5, 5.41) is 6.67. The third kappa shape index (κ3) is 43.4. The minimum Gasteiger partial charge on any atom is -0.381 e. The minimum absolute atomic E-state index is 0.779. The van der Waals surface area contributed by atoms with Crippen molar-refractivity contribution in [2.75, 3.05) is 77.3 Å². The van der Waals surface area contributed by atoms with Gasteiger partial charge in [0, 0.05) is 51.1 Å². The zero-order chi connectivity index (χ0) is 50.1. The van der Waals surface area contributed by atoms with E-state index in [0.29, 0.717) is 0 Å². The monoisotopic (exact) mass is 981 g/mol. The Balaban J connectivity index is 0.000000379. The Bertz CT molecular complexity index is 981. The average molecular weight is 982 g/mol. The summed E-state index contributed by atoms with van der Waals surface area (Å²) in [5.41, 5.74) is 0. The highest BCUT2D eigenvalue weighted by molar-refractivity contribution is 8.00. The fourth-order valence-corrected chi connectivity index (χ4v) is 11.8. The number of rotatable bonds is 0. The molecule has 0 bridgehead atoms. The van der Waals surface area contributed by atoms with Crippen molar-refractivity contribution in [1.82, 2.24) is 10.6 Å². The third-order valence-electron chi connectivity index (χ3n) is 15.8. The first-order chi connectivity index (χ1) is 32.6. The van der Waals surface area contributed by atoms with Crippen LogP contribution >= 0.6 is 0 Å². The van der Waals surface area contributed by atoms with E-state index in [2.05, 4.69) is 85.7 Å². The quantitative estimate of drug-likeness (QED) is 0.236. The molecule has 0 radical (unpaired) electrons. The van der Waals surface area contributed by atoms with Gasteiger partial charge in [-0.25, -0.2) is 0 Å². The lowest BCUT2D eigenvalue weighted by molar-refractivity contribution is 0.0615. The molecule has 10 rings (SSSR count). The van der Waals surface area contributed by atoms with Gasteiger partial charge >= 0.3 is 0 Å². The van der Waals surface area contributed by atoms with Crippen molar-refractivity contribution < 1.29 is 18.4 Å². The Kier molecular flexibility index (Phi) is 42.9. The molecule has 10 aliphatic rings. The van der Waals surface area contributed by atoms with Gasteiger partial charge in [0.2, 0.25) is 0 Å². The molecule has 0 spiro atoms. The van der Waals surface area contributed by atoms with E-state index in [-0.39, 0.29) is 0 Å². The molecule has 7 heteroatoms. The summed E-state index contributed by atoms with van der Waals surface area (Å²) in [6.45, 7) is 33.7. The number of hydrogen-bond acceptors (Lipinski definition) is 6. The fraction of sp³-hybridized carbons (Fsp3) is 0.984. The van der Waals surface area contributed by atoms with E-state index in [1.165, 1.54) is 193 Å². The van der Waals surface area contributed by atoms with Crippen molar-refractivity contribution >= 4 is 15.4 Å². The maximum absolute atomic E-state index is 11.2. The van der Waals surface area contributed by atoms with E-state index in [1.807, 2.05) is 0 Å². The van der Waals surface area contributed by atoms with Crippen LogP contribution in [-0.2, 0) is 23.7 Å². The van der Waals surface area contributed by atoms with Crippen molar-refractivity contribution in [3.63, 3.8) is 0 Å². The zero-order valence-corrected chi connectivity index (χ0v) is 48.6. The second kappa shape index (κ2) is 44.3. The molecule has 6 nitrogen and oxygen atoms in total. The average Bonchev–Trinajstić information content (AvgIpc) is 4.03. The van der Waals surface area contributed by atoms with Gasteiger partial charge < -0.3 is 24.8 Å². The van der Waals surface area contributed by atoms with Gasteiger partial charge in [-0.1, -0.05) is 178 Å². The molecule has 0 amide bonds. The topological polar surface area (TPSA) is 68.8 Å². The van der Waals surface area contributed by atoms with Gasteiger partial charge in [-0.3, -0.25) is 4.21 Å². The first kappa shape index (κ1) is 65.8. The van der Waals surface area contributed by atoms with Crippen molar-refractivity contribution in [3.05, 3.63) is 0 Å². The predicted molar refractivity (Wildman–Crippen MR) is 304 cm³/mol. The van der Waals surface area contributed by atoms with E-state index in [0.717, 1.165) is 123 Å². The van der Waals surface area contributed by atoms with E-state index in [9.17, 15) is 4.21 Å². The lowest BCUT2D eigenvalue weighted by atomic mass is 9.88. The first-order valence-electron chi connectivity index (χ1n) is 30.1. The molecule has 6 heterocycles. The SMILES string of the molecule is C=S1(=O)CCC(C)CC1.CC1CCC1.CC1CCCC1.CC1CCCCC1.CC1CCCCC1.C[C@@H]1CCCNC1.C[C@@H]1CCCNC1.C[C@@H]1CCCOC1.C[C@H]1CCCOC1.C[C@H]1CCOC1. The second-order valence-corrected chi connectivity index (χ2v) is 27.2. The fourth-order valence-electron chi connectivity index (χ4n) is 9.94. The van der Waals surface area contributed by atoms with Crippen LogP contribution in [0.5, 0.6) is 0 Å². The number of piperidine rings is 2. The summed E-state index contributed by atoms with van der Waals surface area (Å²) in [4.78, 5) is 0. The molecular weight excluding hydrogens is 857 g/mol. The highest BCUT2D eigenvalue weighted by atomic mass is 32.2. The van der Waals surface area contributed by atoms with E-state index in [4.69, 9.17) is 14.2 Å². The zero-order valence-electron chi connectivity index (χ0n) is 47.8. The van der Waals surface area contributed by atoms with Crippen molar-refractivity contribution in [2.45, 2.75) is 249 Å². The van der Waals surface area contributed by atoms with Gasteiger partial charge in [0.15, 0.2) is 0 Å². The molecular formula is C61H124N2O4S. The highest BCUT2D eigenvalue weighted by Crippen LogP contribution is 2.25. The maximum atomic E-state index is 11.2. The summed E-state index contributed by atoms with van der Waals surface area (Å²) < 4.78 is 26.7. The summed E-state index contributed by atoms with van der Waals surface area (Å²) in [6.07, 6.45) is 39.6. The van der Waals surface area contributed by atoms with Gasteiger partial charge in [0.1, 0.15) is 0 Å². The van der Waals surface area contributed by atoms with Crippen LogP contribution < -0.4 is 10.6 Å². The maximum Gasteiger partial charge on any atom is 0.0492 e. The van der Waals surface area contributed by atoms with Crippen LogP contribution in [0.15, 0.2) is 0 Å². The molecule has 4 saturated carbocycles. The normalized spacial score (nSPS) is 31.9. The molecule has 0 unspecified atom stereocenters. The van der Waals surface area contributed by atoms with E-state index >= 15 is 0 Å². The van der Waals surface area contributed by atoms with Crippen molar-refractivity contribution in [2.24, 2.45) is 59.2 Å². The minimum atomic E-state index is -1.62. The molecule has 68 heavy (non-hydrogen) atoms.